The van der Waals surface area contributed by atoms with Crippen LogP contribution in [0.25, 0.3) is 0 Å². The Hall–Kier alpha value is -1.84. The molecule has 4 nitrogen and oxygen atoms in total. The van der Waals surface area contributed by atoms with Crippen molar-refractivity contribution in [3.8, 4) is 0 Å². The molecule has 0 radical (unpaired) electrons. The molecule has 4 heteroatoms. The van der Waals surface area contributed by atoms with Crippen LogP contribution in [0.5, 0.6) is 0 Å². The second-order valence-electron chi connectivity index (χ2n) is 4.53. The van der Waals surface area contributed by atoms with Gasteiger partial charge in [-0.3, -0.25) is 0 Å². The van der Waals surface area contributed by atoms with E-state index in [1.807, 2.05) is 13.8 Å². The summed E-state index contributed by atoms with van der Waals surface area (Å²) in [6.45, 7) is 3.90. The van der Waals surface area contributed by atoms with E-state index in [-0.39, 0.29) is 0 Å². The number of rotatable bonds is 6. The van der Waals surface area contributed by atoms with Crippen molar-refractivity contribution in [3.63, 3.8) is 0 Å². The van der Waals surface area contributed by atoms with Gasteiger partial charge in [-0.05, 0) is 50.7 Å². The summed E-state index contributed by atoms with van der Waals surface area (Å²) in [7, 11) is 0. The number of hydrogen-bond acceptors (Lipinski definition) is 4. The molecule has 0 bridgehead atoms. The molecule has 1 rings (SSSR count). The fourth-order valence-corrected chi connectivity index (χ4v) is 1.91. The largest absolute Gasteiger partial charge is 0.431 e. The number of ether oxygens (including phenoxy) is 2. The number of esters is 2. The summed E-state index contributed by atoms with van der Waals surface area (Å²) in [5.41, 5.74) is 0.902. The standard InChI is InChI=1S/C16H22O4/c1-3-5-11-19-15(17)13-9-7-8-10-14(13)16(18)20-12-6-4-2/h5-6,11-12H,3-4,7-10H2,1-2H3/b11-5+,12-6+. The fourth-order valence-electron chi connectivity index (χ4n) is 1.91. The zero-order chi connectivity index (χ0) is 14.8. The Kier molecular flexibility index (Phi) is 7.40. The van der Waals surface area contributed by atoms with Crippen molar-refractivity contribution < 1.29 is 19.1 Å². The number of hydrogen-bond donors (Lipinski definition) is 0. The molecule has 0 aliphatic heterocycles. The lowest BCUT2D eigenvalue weighted by molar-refractivity contribution is -0.137. The van der Waals surface area contributed by atoms with Gasteiger partial charge in [0.05, 0.1) is 12.5 Å². The molecule has 0 aromatic rings. The molecule has 0 saturated heterocycles. The predicted octanol–water partition coefficient (Wildman–Crippen LogP) is 3.79. The molecule has 0 spiro atoms. The molecule has 1 aliphatic rings. The summed E-state index contributed by atoms with van der Waals surface area (Å²) in [5.74, 6) is -0.887. The van der Waals surface area contributed by atoms with Crippen molar-refractivity contribution in [3.05, 3.63) is 35.8 Å². The van der Waals surface area contributed by atoms with E-state index in [4.69, 9.17) is 9.47 Å². The third kappa shape index (κ3) is 5.03. The van der Waals surface area contributed by atoms with Gasteiger partial charge in [-0.1, -0.05) is 13.8 Å². The van der Waals surface area contributed by atoms with Gasteiger partial charge >= 0.3 is 11.9 Å². The second kappa shape index (κ2) is 9.13. The van der Waals surface area contributed by atoms with Gasteiger partial charge in [0.15, 0.2) is 0 Å². The molecule has 0 saturated carbocycles. The van der Waals surface area contributed by atoms with Gasteiger partial charge in [0.1, 0.15) is 0 Å². The van der Waals surface area contributed by atoms with Crippen LogP contribution in [0, 0.1) is 0 Å². The summed E-state index contributed by atoms with van der Waals surface area (Å²) in [5, 5.41) is 0. The van der Waals surface area contributed by atoms with Gasteiger partial charge in [-0.25, -0.2) is 9.59 Å². The highest BCUT2D eigenvalue weighted by molar-refractivity contribution is 6.01. The third-order valence-corrected chi connectivity index (χ3v) is 2.97. The first-order valence-corrected chi connectivity index (χ1v) is 7.14. The maximum Gasteiger partial charge on any atom is 0.339 e. The zero-order valence-electron chi connectivity index (χ0n) is 12.2. The van der Waals surface area contributed by atoms with E-state index < -0.39 is 11.9 Å². The molecule has 0 N–H and O–H groups in total. The molecular formula is C16H22O4. The molecule has 0 atom stereocenters. The van der Waals surface area contributed by atoms with Crippen LogP contribution in [0.1, 0.15) is 52.4 Å². The highest BCUT2D eigenvalue weighted by Crippen LogP contribution is 2.26. The van der Waals surface area contributed by atoms with Crippen LogP contribution in [0.2, 0.25) is 0 Å². The quantitative estimate of drug-likeness (QED) is 0.548. The Bertz CT molecular complexity index is 390. The third-order valence-electron chi connectivity index (χ3n) is 2.97. The maximum atomic E-state index is 12.0. The lowest BCUT2D eigenvalue weighted by atomic mass is 9.92. The van der Waals surface area contributed by atoms with Crippen LogP contribution in [0.3, 0.4) is 0 Å². The van der Waals surface area contributed by atoms with Crippen LogP contribution in [-0.4, -0.2) is 11.9 Å². The maximum absolute atomic E-state index is 12.0. The summed E-state index contributed by atoms with van der Waals surface area (Å²) in [6, 6.07) is 0. The Labute approximate surface area is 120 Å². The normalized spacial score (nSPS) is 15.9. The summed E-state index contributed by atoms with van der Waals surface area (Å²) in [6.07, 6.45) is 10.8. The van der Waals surface area contributed by atoms with Crippen LogP contribution >= 0.6 is 0 Å². The average Bonchev–Trinajstić information content (AvgIpc) is 2.47. The molecule has 0 unspecified atom stereocenters. The minimum Gasteiger partial charge on any atom is -0.431 e. The van der Waals surface area contributed by atoms with Crippen molar-refractivity contribution in [2.45, 2.75) is 52.4 Å². The Balaban J connectivity index is 2.79. The minimum atomic E-state index is -0.444. The monoisotopic (exact) mass is 278 g/mol. The van der Waals surface area contributed by atoms with Gasteiger partial charge in [-0.2, -0.15) is 0 Å². The lowest BCUT2D eigenvalue weighted by Gasteiger charge is -2.16. The van der Waals surface area contributed by atoms with Crippen LogP contribution in [-0.2, 0) is 19.1 Å². The van der Waals surface area contributed by atoms with Crippen molar-refractivity contribution in [1.29, 1.82) is 0 Å². The van der Waals surface area contributed by atoms with Crippen molar-refractivity contribution in [2.24, 2.45) is 0 Å². The summed E-state index contributed by atoms with van der Waals surface area (Å²) in [4.78, 5) is 23.9. The number of carbonyl (C=O) groups is 2. The highest BCUT2D eigenvalue weighted by Gasteiger charge is 2.25. The summed E-state index contributed by atoms with van der Waals surface area (Å²) >= 11 is 0. The molecule has 0 amide bonds. The van der Waals surface area contributed by atoms with Crippen LogP contribution in [0.15, 0.2) is 35.8 Å². The van der Waals surface area contributed by atoms with E-state index in [2.05, 4.69) is 0 Å². The first kappa shape index (κ1) is 16.2. The second-order valence-corrected chi connectivity index (χ2v) is 4.53. The smallest absolute Gasteiger partial charge is 0.339 e. The molecule has 1 aliphatic carbocycles. The Morgan fingerprint density at radius 1 is 0.900 bits per heavy atom. The predicted molar refractivity (Wildman–Crippen MR) is 76.5 cm³/mol. The van der Waals surface area contributed by atoms with Crippen molar-refractivity contribution >= 4 is 11.9 Å². The van der Waals surface area contributed by atoms with E-state index in [9.17, 15) is 9.59 Å². The number of carbonyl (C=O) groups excluding carboxylic acids is 2. The molecular weight excluding hydrogens is 256 g/mol. The molecule has 0 heterocycles. The van der Waals surface area contributed by atoms with E-state index in [0.717, 1.165) is 25.7 Å². The van der Waals surface area contributed by atoms with E-state index in [0.29, 0.717) is 24.0 Å². The van der Waals surface area contributed by atoms with Crippen LogP contribution < -0.4 is 0 Å². The molecule has 0 fully saturated rings. The van der Waals surface area contributed by atoms with Gasteiger partial charge in [0, 0.05) is 11.1 Å². The first-order valence-electron chi connectivity index (χ1n) is 7.14. The van der Waals surface area contributed by atoms with Crippen molar-refractivity contribution in [1.82, 2.24) is 0 Å². The van der Waals surface area contributed by atoms with Gasteiger partial charge in [-0.15, -0.1) is 0 Å². The Morgan fingerprint density at radius 3 is 1.65 bits per heavy atom. The minimum absolute atomic E-state index is 0.444. The molecule has 110 valence electrons. The van der Waals surface area contributed by atoms with E-state index >= 15 is 0 Å². The lowest BCUT2D eigenvalue weighted by Crippen LogP contribution is -2.17. The van der Waals surface area contributed by atoms with Crippen molar-refractivity contribution in [2.75, 3.05) is 0 Å². The number of allylic oxidation sites excluding steroid dienone is 2. The Morgan fingerprint density at radius 2 is 1.30 bits per heavy atom. The van der Waals surface area contributed by atoms with Gasteiger partial charge < -0.3 is 9.47 Å². The van der Waals surface area contributed by atoms with Gasteiger partial charge in [0.25, 0.3) is 0 Å². The van der Waals surface area contributed by atoms with E-state index in [1.165, 1.54) is 12.5 Å². The SMILES string of the molecule is CC/C=C/OC(=O)C1=C(C(=O)O/C=C/CC)CCCC1. The van der Waals surface area contributed by atoms with Crippen LogP contribution in [0.4, 0.5) is 0 Å². The molecule has 20 heavy (non-hydrogen) atoms. The first-order chi connectivity index (χ1) is 9.70. The fraction of sp³-hybridized carbons (Fsp3) is 0.500. The average molecular weight is 278 g/mol. The van der Waals surface area contributed by atoms with E-state index in [1.54, 1.807) is 12.2 Å². The highest BCUT2D eigenvalue weighted by atomic mass is 16.5. The topological polar surface area (TPSA) is 52.6 Å². The molecule has 0 aromatic carbocycles. The zero-order valence-corrected chi connectivity index (χ0v) is 12.2. The summed E-state index contributed by atoms with van der Waals surface area (Å²) < 4.78 is 10.0. The molecule has 0 aromatic heterocycles. The van der Waals surface area contributed by atoms with Gasteiger partial charge in [0.2, 0.25) is 0 Å².